The van der Waals surface area contributed by atoms with Crippen molar-refractivity contribution in [3.05, 3.63) is 39.6 Å². The summed E-state index contributed by atoms with van der Waals surface area (Å²) >= 11 is 5.93. The molecule has 6 nitrogen and oxygen atoms in total. The van der Waals surface area contributed by atoms with Crippen LogP contribution in [0.25, 0.3) is 22.4 Å². The van der Waals surface area contributed by atoms with Gasteiger partial charge in [-0.2, -0.15) is 0 Å². The number of hydrogen-bond donors (Lipinski definition) is 1. The monoisotopic (exact) mass is 377 g/mol. The van der Waals surface area contributed by atoms with Crippen LogP contribution in [0.4, 0.5) is 17.6 Å². The third-order valence-corrected chi connectivity index (χ3v) is 3.44. The van der Waals surface area contributed by atoms with Crippen LogP contribution in [0, 0.1) is 0 Å². The number of rotatable bonds is 5. The van der Waals surface area contributed by atoms with Gasteiger partial charge in [0.15, 0.2) is 17.9 Å². The van der Waals surface area contributed by atoms with Crippen LogP contribution in [-0.4, -0.2) is 28.0 Å². The highest BCUT2D eigenvalue weighted by Crippen LogP contribution is 2.33. The van der Waals surface area contributed by atoms with Crippen molar-refractivity contribution < 1.29 is 26.7 Å². The lowest BCUT2D eigenvalue weighted by Crippen LogP contribution is -2.11. The number of nitrogens with zero attached hydrogens (tertiary/aromatic N) is 2. The minimum Gasteiger partial charge on any atom is -0.470 e. The summed E-state index contributed by atoms with van der Waals surface area (Å²) in [5.41, 5.74) is -0.619. The third kappa shape index (κ3) is 3.43. The van der Waals surface area contributed by atoms with Gasteiger partial charge < -0.3 is 9.15 Å². The van der Waals surface area contributed by atoms with E-state index in [2.05, 4.69) is 19.7 Å². The van der Waals surface area contributed by atoms with Gasteiger partial charge in [-0.05, 0) is 12.1 Å². The van der Waals surface area contributed by atoms with Gasteiger partial charge in [0.25, 0.3) is 12.9 Å². The van der Waals surface area contributed by atoms with Crippen molar-refractivity contribution in [1.82, 2.24) is 15.0 Å². The average Bonchev–Trinajstić information content (AvgIpc) is 2.95. The molecule has 0 fully saturated rings. The Labute approximate surface area is 141 Å². The molecule has 2 aromatic heterocycles. The van der Waals surface area contributed by atoms with Crippen molar-refractivity contribution in [2.45, 2.75) is 12.9 Å². The maximum absolute atomic E-state index is 13.2. The Kier molecular flexibility index (Phi) is 4.62. The Bertz CT molecular complexity index is 974. The van der Waals surface area contributed by atoms with E-state index in [9.17, 15) is 22.4 Å². The summed E-state index contributed by atoms with van der Waals surface area (Å²) in [6, 6.07) is 2.82. The average molecular weight is 378 g/mol. The number of ether oxygens (including phenoxy) is 1. The molecule has 0 radical (unpaired) electrons. The normalized spacial score (nSPS) is 11.6. The fraction of sp³-hybridized carbons (Fsp3) is 0.214. The van der Waals surface area contributed by atoms with Crippen molar-refractivity contribution in [1.29, 1.82) is 0 Å². The molecular weight excluding hydrogens is 370 g/mol. The van der Waals surface area contributed by atoms with Crippen LogP contribution >= 0.6 is 11.6 Å². The zero-order valence-corrected chi connectivity index (χ0v) is 12.9. The van der Waals surface area contributed by atoms with Gasteiger partial charge in [0.1, 0.15) is 5.52 Å². The summed E-state index contributed by atoms with van der Waals surface area (Å²) in [4.78, 5) is 21.1. The molecule has 0 unspecified atom stereocenters. The molecule has 0 aliphatic heterocycles. The van der Waals surface area contributed by atoms with Gasteiger partial charge in [0, 0.05) is 5.56 Å². The maximum atomic E-state index is 13.2. The van der Waals surface area contributed by atoms with E-state index in [1.807, 2.05) is 0 Å². The van der Waals surface area contributed by atoms with Crippen LogP contribution in [0.1, 0.15) is 12.1 Å². The van der Waals surface area contributed by atoms with E-state index < -0.39 is 36.8 Å². The SMILES string of the molecule is O=c1[nH]c2c(Cl)ccc(-c3cnc(OCC(F)F)c(C(F)F)n3)c2o1. The van der Waals surface area contributed by atoms with Crippen LogP contribution in [0.3, 0.4) is 0 Å². The van der Waals surface area contributed by atoms with Crippen LogP contribution < -0.4 is 10.5 Å². The molecule has 132 valence electrons. The van der Waals surface area contributed by atoms with E-state index in [-0.39, 0.29) is 27.4 Å². The highest BCUT2D eigenvalue weighted by Gasteiger charge is 2.22. The van der Waals surface area contributed by atoms with Gasteiger partial charge in [-0.3, -0.25) is 4.98 Å². The number of aromatic amines is 1. The molecule has 1 aromatic carbocycles. The standard InChI is InChI=1S/C14H8ClF4N3O3/c15-6-2-1-5(11-9(6)22-14(23)25-11)7-3-20-13(24-4-8(16)17)10(21-7)12(18)19/h1-3,8,12H,4H2,(H,22,23). The first-order chi connectivity index (χ1) is 11.9. The minimum atomic E-state index is -3.11. The number of nitrogens with one attached hydrogen (secondary N) is 1. The van der Waals surface area contributed by atoms with Crippen LogP contribution in [0.2, 0.25) is 5.02 Å². The molecule has 1 N–H and O–H groups in total. The Balaban J connectivity index is 2.11. The molecule has 0 aliphatic carbocycles. The van der Waals surface area contributed by atoms with Crippen LogP contribution in [0.15, 0.2) is 27.5 Å². The smallest absolute Gasteiger partial charge is 0.417 e. The summed E-state index contributed by atoms with van der Waals surface area (Å²) in [5, 5.41) is 0.184. The lowest BCUT2D eigenvalue weighted by molar-refractivity contribution is 0.0736. The first-order valence-electron chi connectivity index (χ1n) is 6.74. The molecule has 3 rings (SSSR count). The minimum absolute atomic E-state index is 0.00765. The molecule has 0 spiro atoms. The molecule has 0 amide bonds. The molecule has 2 heterocycles. The molecule has 0 aliphatic rings. The summed E-state index contributed by atoms with van der Waals surface area (Å²) in [5.74, 6) is -1.48. The van der Waals surface area contributed by atoms with E-state index in [1.54, 1.807) is 0 Å². The number of aromatic nitrogens is 3. The molecule has 3 aromatic rings. The van der Waals surface area contributed by atoms with Crippen molar-refractivity contribution in [2.24, 2.45) is 0 Å². The Morgan fingerprint density at radius 3 is 2.72 bits per heavy atom. The molecule has 0 saturated carbocycles. The first kappa shape index (κ1) is 17.2. The second-order valence-corrected chi connectivity index (χ2v) is 5.17. The van der Waals surface area contributed by atoms with Crippen molar-refractivity contribution in [3.63, 3.8) is 0 Å². The zero-order valence-electron chi connectivity index (χ0n) is 12.1. The Morgan fingerprint density at radius 1 is 1.28 bits per heavy atom. The van der Waals surface area contributed by atoms with Gasteiger partial charge in [0.05, 0.1) is 16.9 Å². The van der Waals surface area contributed by atoms with Crippen molar-refractivity contribution in [3.8, 4) is 17.1 Å². The fourth-order valence-electron chi connectivity index (χ4n) is 2.12. The van der Waals surface area contributed by atoms with Gasteiger partial charge in [-0.15, -0.1) is 0 Å². The highest BCUT2D eigenvalue weighted by atomic mass is 35.5. The second-order valence-electron chi connectivity index (χ2n) is 4.76. The topological polar surface area (TPSA) is 81.0 Å². The number of benzene rings is 1. The van der Waals surface area contributed by atoms with Crippen LogP contribution in [-0.2, 0) is 0 Å². The quantitative estimate of drug-likeness (QED) is 0.684. The molecule has 0 atom stereocenters. The molecule has 0 bridgehead atoms. The first-order valence-corrected chi connectivity index (χ1v) is 7.12. The van der Waals surface area contributed by atoms with E-state index in [0.29, 0.717) is 0 Å². The maximum Gasteiger partial charge on any atom is 0.417 e. The number of fused-ring (bicyclic) bond motifs is 1. The Morgan fingerprint density at radius 2 is 2.04 bits per heavy atom. The zero-order chi connectivity index (χ0) is 18.1. The fourth-order valence-corrected chi connectivity index (χ4v) is 2.32. The molecular formula is C14H8ClF4N3O3. The van der Waals surface area contributed by atoms with Gasteiger partial charge in [-0.1, -0.05) is 11.6 Å². The predicted octanol–water partition coefficient (Wildman–Crippen LogP) is 3.81. The summed E-state index contributed by atoms with van der Waals surface area (Å²) < 4.78 is 60.2. The van der Waals surface area contributed by atoms with Gasteiger partial charge in [-0.25, -0.2) is 32.3 Å². The number of H-pyrrole nitrogens is 1. The van der Waals surface area contributed by atoms with Gasteiger partial charge >= 0.3 is 5.76 Å². The van der Waals surface area contributed by atoms with Gasteiger partial charge in [0.2, 0.25) is 5.88 Å². The second kappa shape index (κ2) is 6.71. The summed E-state index contributed by atoms with van der Waals surface area (Å²) in [6.45, 7) is -1.09. The van der Waals surface area contributed by atoms with E-state index in [4.69, 9.17) is 16.0 Å². The number of hydrogen-bond acceptors (Lipinski definition) is 5. The van der Waals surface area contributed by atoms with Crippen molar-refractivity contribution >= 4 is 22.7 Å². The lowest BCUT2D eigenvalue weighted by atomic mass is 10.1. The largest absolute Gasteiger partial charge is 0.470 e. The molecule has 11 heteroatoms. The number of halogens is 5. The molecule has 25 heavy (non-hydrogen) atoms. The predicted molar refractivity (Wildman–Crippen MR) is 79.3 cm³/mol. The van der Waals surface area contributed by atoms with Crippen LogP contribution in [0.5, 0.6) is 5.88 Å². The third-order valence-electron chi connectivity index (χ3n) is 3.12. The number of alkyl halides is 4. The van der Waals surface area contributed by atoms with E-state index in [1.165, 1.54) is 12.1 Å². The number of oxazole rings is 1. The summed E-state index contributed by atoms with van der Waals surface area (Å²) in [6.07, 6.45) is -4.92. The lowest BCUT2D eigenvalue weighted by Gasteiger charge is -2.10. The van der Waals surface area contributed by atoms with E-state index >= 15 is 0 Å². The Hall–Kier alpha value is -2.62. The summed E-state index contributed by atoms with van der Waals surface area (Å²) in [7, 11) is 0. The molecule has 0 saturated heterocycles. The van der Waals surface area contributed by atoms with E-state index in [0.717, 1.165) is 6.20 Å². The highest BCUT2D eigenvalue weighted by molar-refractivity contribution is 6.35. The van der Waals surface area contributed by atoms with Crippen molar-refractivity contribution in [2.75, 3.05) is 6.61 Å².